The maximum Gasteiger partial charge on any atom is 0.266 e. The Morgan fingerprint density at radius 2 is 1.90 bits per heavy atom. The summed E-state index contributed by atoms with van der Waals surface area (Å²) in [5.41, 5.74) is 1.19. The van der Waals surface area contributed by atoms with Crippen molar-refractivity contribution in [3.05, 3.63) is 69.2 Å². The van der Waals surface area contributed by atoms with Crippen molar-refractivity contribution in [1.82, 2.24) is 14.5 Å². The van der Waals surface area contributed by atoms with Crippen molar-refractivity contribution < 1.29 is 4.79 Å². The fraction of sp³-hybridized carbons (Fsp3) is 0.348. The van der Waals surface area contributed by atoms with E-state index in [0.717, 1.165) is 5.56 Å². The van der Waals surface area contributed by atoms with E-state index in [1.54, 1.807) is 60.7 Å². The number of amides is 1. The highest BCUT2D eigenvalue weighted by Crippen LogP contribution is 2.28. The summed E-state index contributed by atoms with van der Waals surface area (Å²) in [6, 6.07) is 12.1. The van der Waals surface area contributed by atoms with Gasteiger partial charge in [-0.15, -0.1) is 11.6 Å². The minimum atomic E-state index is -0.733. The number of aryl methyl sites for hydroxylation is 1. The molecule has 1 atom stereocenters. The number of rotatable bonds is 5. The van der Waals surface area contributed by atoms with Gasteiger partial charge in [-0.05, 0) is 63.6 Å². The van der Waals surface area contributed by atoms with Gasteiger partial charge in [-0.3, -0.25) is 14.2 Å². The number of halogens is 2. The maximum atomic E-state index is 13.5. The normalized spacial score (nSPS) is 12.8. The van der Waals surface area contributed by atoms with Crippen LogP contribution >= 0.6 is 23.2 Å². The molecule has 0 radical (unpaired) electrons. The first kappa shape index (κ1) is 22.3. The zero-order valence-electron chi connectivity index (χ0n) is 17.7. The lowest BCUT2D eigenvalue weighted by molar-refractivity contribution is -0.140. The molecule has 0 saturated carbocycles. The fourth-order valence-corrected chi connectivity index (χ4v) is 3.76. The van der Waals surface area contributed by atoms with E-state index < -0.39 is 11.5 Å². The van der Waals surface area contributed by atoms with Gasteiger partial charge in [-0.1, -0.05) is 23.7 Å². The minimum Gasteiger partial charge on any atom is -0.335 e. The standard InChI is InChI=1S/C23H25Cl2N3O2/c1-14-12-16(25)10-11-19(14)28-20(15(2)27(5)22(30)23(3,4)13-24)26-18-9-7-6-8-17(18)21(28)29/h6-12,15H,13H2,1-5H3. The topological polar surface area (TPSA) is 55.2 Å². The van der Waals surface area contributed by atoms with Crippen LogP contribution in [0.3, 0.4) is 0 Å². The van der Waals surface area contributed by atoms with E-state index >= 15 is 0 Å². The SMILES string of the molecule is Cc1cc(Cl)ccc1-n1c(C(C)N(C)C(=O)C(C)(C)CCl)nc2ccccc2c1=O. The van der Waals surface area contributed by atoms with Crippen molar-refractivity contribution in [2.75, 3.05) is 12.9 Å². The Morgan fingerprint density at radius 3 is 2.53 bits per heavy atom. The van der Waals surface area contributed by atoms with Crippen LogP contribution in [0.2, 0.25) is 5.02 Å². The van der Waals surface area contributed by atoms with Crippen molar-refractivity contribution >= 4 is 40.0 Å². The van der Waals surface area contributed by atoms with Crippen LogP contribution in [0.25, 0.3) is 16.6 Å². The lowest BCUT2D eigenvalue weighted by Crippen LogP contribution is -2.42. The third kappa shape index (κ3) is 3.96. The van der Waals surface area contributed by atoms with Gasteiger partial charge in [0.25, 0.3) is 5.56 Å². The molecule has 0 saturated heterocycles. The summed E-state index contributed by atoms with van der Waals surface area (Å²) in [5, 5.41) is 1.10. The Bertz CT molecular complexity index is 1170. The molecule has 0 aliphatic heterocycles. The van der Waals surface area contributed by atoms with Crippen LogP contribution in [0.5, 0.6) is 0 Å². The van der Waals surface area contributed by atoms with Gasteiger partial charge in [0, 0.05) is 18.0 Å². The molecule has 0 spiro atoms. The molecular weight excluding hydrogens is 421 g/mol. The molecule has 0 aliphatic carbocycles. The van der Waals surface area contributed by atoms with Crippen molar-refractivity contribution in [2.24, 2.45) is 5.41 Å². The highest BCUT2D eigenvalue weighted by molar-refractivity contribution is 6.30. The summed E-state index contributed by atoms with van der Waals surface area (Å²) in [4.78, 5) is 32.9. The Hall–Kier alpha value is -2.37. The lowest BCUT2D eigenvalue weighted by atomic mass is 9.94. The first-order valence-electron chi connectivity index (χ1n) is 9.70. The number of hydrogen-bond donors (Lipinski definition) is 0. The van der Waals surface area contributed by atoms with Crippen LogP contribution in [0.15, 0.2) is 47.3 Å². The quantitative estimate of drug-likeness (QED) is 0.511. The summed E-state index contributed by atoms with van der Waals surface area (Å²) < 4.78 is 1.58. The first-order valence-corrected chi connectivity index (χ1v) is 10.6. The van der Waals surface area contributed by atoms with Crippen molar-refractivity contribution in [3.8, 4) is 5.69 Å². The molecule has 158 valence electrons. The summed E-state index contributed by atoms with van der Waals surface area (Å²) in [7, 11) is 1.71. The van der Waals surface area contributed by atoms with Gasteiger partial charge in [-0.2, -0.15) is 0 Å². The van der Waals surface area contributed by atoms with Gasteiger partial charge in [0.15, 0.2) is 0 Å². The molecule has 2 aromatic carbocycles. The largest absolute Gasteiger partial charge is 0.335 e. The molecule has 3 rings (SSSR count). The minimum absolute atomic E-state index is 0.119. The van der Waals surface area contributed by atoms with E-state index in [0.29, 0.717) is 27.4 Å². The molecule has 5 nitrogen and oxygen atoms in total. The molecule has 0 fully saturated rings. The van der Waals surface area contributed by atoms with Crippen LogP contribution in [-0.4, -0.2) is 33.3 Å². The summed E-state index contributed by atoms with van der Waals surface area (Å²) in [6.45, 7) is 7.36. The number of hydrogen-bond acceptors (Lipinski definition) is 3. The van der Waals surface area contributed by atoms with Gasteiger partial charge in [0.1, 0.15) is 5.82 Å². The third-order valence-electron chi connectivity index (χ3n) is 5.39. The van der Waals surface area contributed by atoms with Crippen LogP contribution in [0.1, 0.15) is 38.2 Å². The van der Waals surface area contributed by atoms with Crippen molar-refractivity contribution in [2.45, 2.75) is 33.7 Å². The first-order chi connectivity index (χ1) is 14.1. The zero-order chi connectivity index (χ0) is 22.2. The molecule has 1 heterocycles. The van der Waals surface area contributed by atoms with Gasteiger partial charge in [0.05, 0.1) is 28.0 Å². The molecule has 1 unspecified atom stereocenters. The highest BCUT2D eigenvalue weighted by Gasteiger charge is 2.33. The van der Waals surface area contributed by atoms with Crippen LogP contribution < -0.4 is 5.56 Å². The smallest absolute Gasteiger partial charge is 0.266 e. The summed E-state index contributed by atoms with van der Waals surface area (Å²) in [6.07, 6.45) is 0. The van der Waals surface area contributed by atoms with Crippen molar-refractivity contribution in [1.29, 1.82) is 0 Å². The average Bonchev–Trinajstić information content (AvgIpc) is 2.72. The molecule has 1 aromatic heterocycles. The highest BCUT2D eigenvalue weighted by atomic mass is 35.5. The lowest BCUT2D eigenvalue weighted by Gasteiger charge is -2.33. The Morgan fingerprint density at radius 1 is 1.23 bits per heavy atom. The van der Waals surface area contributed by atoms with Crippen LogP contribution in [0.4, 0.5) is 0 Å². The van der Waals surface area contributed by atoms with E-state index in [2.05, 4.69) is 0 Å². The number of nitrogens with zero attached hydrogens (tertiary/aromatic N) is 3. The van der Waals surface area contributed by atoms with E-state index in [1.807, 2.05) is 26.0 Å². The molecule has 7 heteroatoms. The van der Waals surface area contributed by atoms with E-state index in [9.17, 15) is 9.59 Å². The predicted molar refractivity (Wildman–Crippen MR) is 123 cm³/mol. The number of alkyl halides is 1. The van der Waals surface area contributed by atoms with Crippen LogP contribution in [-0.2, 0) is 4.79 Å². The Kier molecular flexibility index (Phi) is 6.25. The number of para-hydroxylation sites is 1. The number of carbonyl (C=O) groups is 1. The number of aromatic nitrogens is 2. The van der Waals surface area contributed by atoms with Gasteiger partial charge < -0.3 is 4.90 Å². The second kappa shape index (κ2) is 8.40. The zero-order valence-corrected chi connectivity index (χ0v) is 19.3. The van der Waals surface area contributed by atoms with Gasteiger partial charge in [-0.25, -0.2) is 4.98 Å². The van der Waals surface area contributed by atoms with Gasteiger partial charge in [0.2, 0.25) is 5.91 Å². The maximum absolute atomic E-state index is 13.5. The van der Waals surface area contributed by atoms with Gasteiger partial charge >= 0.3 is 0 Å². The van der Waals surface area contributed by atoms with E-state index in [-0.39, 0.29) is 17.3 Å². The second-order valence-corrected chi connectivity index (χ2v) is 8.87. The molecule has 1 amide bonds. The molecular formula is C23H25Cl2N3O2. The Balaban J connectivity index is 2.28. The average molecular weight is 446 g/mol. The Labute approximate surface area is 186 Å². The van der Waals surface area contributed by atoms with Crippen molar-refractivity contribution in [3.63, 3.8) is 0 Å². The van der Waals surface area contributed by atoms with Crippen LogP contribution in [0, 0.1) is 12.3 Å². The number of carbonyl (C=O) groups excluding carboxylic acids is 1. The fourth-order valence-electron chi connectivity index (χ4n) is 3.42. The number of benzene rings is 2. The molecule has 3 aromatic rings. The summed E-state index contributed by atoms with van der Waals surface area (Å²) >= 11 is 12.1. The third-order valence-corrected chi connectivity index (χ3v) is 6.29. The molecule has 30 heavy (non-hydrogen) atoms. The molecule has 0 aliphatic rings. The monoisotopic (exact) mass is 445 g/mol. The van der Waals surface area contributed by atoms with E-state index in [4.69, 9.17) is 28.2 Å². The number of fused-ring (bicyclic) bond motifs is 1. The van der Waals surface area contributed by atoms with E-state index in [1.165, 1.54) is 0 Å². The summed E-state index contributed by atoms with van der Waals surface area (Å²) in [5.74, 6) is 0.550. The molecule has 0 bridgehead atoms. The molecule has 0 N–H and O–H groups in total. The second-order valence-electron chi connectivity index (χ2n) is 8.17. The predicted octanol–water partition coefficient (Wildman–Crippen LogP) is 5.13.